The van der Waals surface area contributed by atoms with Gasteiger partial charge in [-0.25, -0.2) is 4.79 Å². The molecule has 0 aliphatic heterocycles. The first-order valence-corrected chi connectivity index (χ1v) is 5.70. The maximum atomic E-state index is 11.2. The van der Waals surface area contributed by atoms with E-state index in [1.807, 2.05) is 7.05 Å². The molecule has 0 aromatic rings. The second-order valence-corrected chi connectivity index (χ2v) is 4.16. The summed E-state index contributed by atoms with van der Waals surface area (Å²) < 4.78 is 4.65. The number of carboxylic acids is 1. The Kier molecular flexibility index (Phi) is 8.35. The molecule has 6 heteroatoms. The summed E-state index contributed by atoms with van der Waals surface area (Å²) in [4.78, 5) is 23.5. The minimum absolute atomic E-state index is 0.202. The SMILES string of the molecule is CC(C)N(C)CCCNC(=O)COCC(=O)O. The third-order valence-electron chi connectivity index (χ3n) is 2.35. The lowest BCUT2D eigenvalue weighted by atomic mass is 10.3. The lowest BCUT2D eigenvalue weighted by molar-refractivity contribution is -0.143. The highest BCUT2D eigenvalue weighted by atomic mass is 16.5. The fourth-order valence-corrected chi connectivity index (χ4v) is 1.10. The van der Waals surface area contributed by atoms with Gasteiger partial charge in [0, 0.05) is 12.6 Å². The highest BCUT2D eigenvalue weighted by molar-refractivity contribution is 5.77. The quantitative estimate of drug-likeness (QED) is 0.557. The van der Waals surface area contributed by atoms with Crippen LogP contribution in [0.4, 0.5) is 0 Å². The first-order valence-electron chi connectivity index (χ1n) is 5.70. The Morgan fingerprint density at radius 1 is 1.35 bits per heavy atom. The second kappa shape index (κ2) is 8.95. The summed E-state index contributed by atoms with van der Waals surface area (Å²) in [6.07, 6.45) is 0.860. The van der Waals surface area contributed by atoms with Crippen molar-refractivity contribution in [2.75, 3.05) is 33.4 Å². The van der Waals surface area contributed by atoms with Crippen LogP contribution in [0.1, 0.15) is 20.3 Å². The molecule has 1 amide bonds. The third-order valence-corrected chi connectivity index (χ3v) is 2.35. The zero-order chi connectivity index (χ0) is 13.3. The van der Waals surface area contributed by atoms with Crippen LogP contribution in [0.25, 0.3) is 0 Å². The van der Waals surface area contributed by atoms with E-state index >= 15 is 0 Å². The van der Waals surface area contributed by atoms with Crippen LogP contribution in [0.15, 0.2) is 0 Å². The van der Waals surface area contributed by atoms with Crippen molar-refractivity contribution in [2.45, 2.75) is 26.3 Å². The summed E-state index contributed by atoms with van der Waals surface area (Å²) in [7, 11) is 2.03. The average Bonchev–Trinajstić information content (AvgIpc) is 2.23. The van der Waals surface area contributed by atoms with Crippen LogP contribution < -0.4 is 5.32 Å². The number of nitrogens with zero attached hydrogens (tertiary/aromatic N) is 1. The van der Waals surface area contributed by atoms with Gasteiger partial charge in [-0.2, -0.15) is 0 Å². The van der Waals surface area contributed by atoms with E-state index in [0.29, 0.717) is 12.6 Å². The molecule has 0 aliphatic rings. The Labute approximate surface area is 102 Å². The smallest absolute Gasteiger partial charge is 0.329 e. The van der Waals surface area contributed by atoms with Crippen molar-refractivity contribution >= 4 is 11.9 Å². The standard InChI is InChI=1S/C11H22N2O4/c1-9(2)13(3)6-4-5-12-10(14)7-17-8-11(15)16/h9H,4-8H2,1-3H3,(H,12,14)(H,15,16). The van der Waals surface area contributed by atoms with Crippen molar-refractivity contribution in [3.05, 3.63) is 0 Å². The fourth-order valence-electron chi connectivity index (χ4n) is 1.10. The summed E-state index contributed by atoms with van der Waals surface area (Å²) in [6.45, 7) is 5.06. The zero-order valence-corrected chi connectivity index (χ0v) is 10.7. The van der Waals surface area contributed by atoms with E-state index in [0.717, 1.165) is 13.0 Å². The van der Waals surface area contributed by atoms with Crippen molar-refractivity contribution in [2.24, 2.45) is 0 Å². The summed E-state index contributed by atoms with van der Waals surface area (Å²) in [5, 5.41) is 11.0. The van der Waals surface area contributed by atoms with Gasteiger partial charge in [-0.3, -0.25) is 4.79 Å². The molecule has 17 heavy (non-hydrogen) atoms. The van der Waals surface area contributed by atoms with Crippen molar-refractivity contribution in [3.8, 4) is 0 Å². The lowest BCUT2D eigenvalue weighted by Crippen LogP contribution is -2.33. The fraction of sp³-hybridized carbons (Fsp3) is 0.818. The van der Waals surface area contributed by atoms with E-state index < -0.39 is 12.6 Å². The van der Waals surface area contributed by atoms with Gasteiger partial charge in [-0.15, -0.1) is 0 Å². The van der Waals surface area contributed by atoms with Gasteiger partial charge in [-0.1, -0.05) is 0 Å². The van der Waals surface area contributed by atoms with E-state index in [2.05, 4.69) is 28.8 Å². The van der Waals surface area contributed by atoms with Gasteiger partial charge in [-0.05, 0) is 33.9 Å². The Morgan fingerprint density at radius 2 is 2.00 bits per heavy atom. The van der Waals surface area contributed by atoms with E-state index in [1.165, 1.54) is 0 Å². The molecule has 0 aliphatic carbocycles. The molecule has 0 fully saturated rings. The number of carbonyl (C=O) groups excluding carboxylic acids is 1. The lowest BCUT2D eigenvalue weighted by Gasteiger charge is -2.20. The van der Waals surface area contributed by atoms with Crippen LogP contribution in [0, 0.1) is 0 Å². The molecule has 0 radical (unpaired) electrons. The van der Waals surface area contributed by atoms with Gasteiger partial charge in [0.25, 0.3) is 0 Å². The van der Waals surface area contributed by atoms with Crippen molar-refractivity contribution in [3.63, 3.8) is 0 Å². The Morgan fingerprint density at radius 3 is 2.53 bits per heavy atom. The minimum atomic E-state index is -1.07. The molecule has 0 unspecified atom stereocenters. The summed E-state index contributed by atoms with van der Waals surface area (Å²) in [5.41, 5.74) is 0. The number of hydrogen-bond donors (Lipinski definition) is 2. The Balaban J connectivity index is 3.42. The summed E-state index contributed by atoms with van der Waals surface area (Å²) >= 11 is 0. The Hall–Kier alpha value is -1.14. The van der Waals surface area contributed by atoms with Crippen LogP contribution in [0.3, 0.4) is 0 Å². The van der Waals surface area contributed by atoms with E-state index in [4.69, 9.17) is 5.11 Å². The normalized spacial score (nSPS) is 10.9. The molecule has 0 rings (SSSR count). The molecule has 2 N–H and O–H groups in total. The molecule has 0 atom stereocenters. The average molecular weight is 246 g/mol. The number of carbonyl (C=O) groups is 2. The number of nitrogens with one attached hydrogen (secondary N) is 1. The summed E-state index contributed by atoms with van der Waals surface area (Å²) in [6, 6.07) is 0.490. The molecule has 0 spiro atoms. The van der Waals surface area contributed by atoms with Gasteiger partial charge in [0.05, 0.1) is 0 Å². The predicted octanol–water partition coefficient (Wildman–Crippen LogP) is -0.0659. The van der Waals surface area contributed by atoms with E-state index in [-0.39, 0.29) is 12.5 Å². The highest BCUT2D eigenvalue weighted by Gasteiger charge is 2.04. The maximum absolute atomic E-state index is 11.2. The van der Waals surface area contributed by atoms with Gasteiger partial charge in [0.1, 0.15) is 13.2 Å². The van der Waals surface area contributed by atoms with Gasteiger partial charge in [0.2, 0.25) is 5.91 Å². The third kappa shape index (κ3) is 9.77. The molecule has 0 heterocycles. The van der Waals surface area contributed by atoms with Gasteiger partial charge in [0.15, 0.2) is 0 Å². The van der Waals surface area contributed by atoms with Crippen LogP contribution >= 0.6 is 0 Å². The monoisotopic (exact) mass is 246 g/mol. The van der Waals surface area contributed by atoms with Crippen molar-refractivity contribution in [1.82, 2.24) is 10.2 Å². The zero-order valence-electron chi connectivity index (χ0n) is 10.7. The molecular weight excluding hydrogens is 224 g/mol. The molecule has 6 nitrogen and oxygen atoms in total. The van der Waals surface area contributed by atoms with E-state index in [1.54, 1.807) is 0 Å². The largest absolute Gasteiger partial charge is 0.480 e. The minimum Gasteiger partial charge on any atom is -0.480 e. The first-order chi connectivity index (χ1) is 7.93. The van der Waals surface area contributed by atoms with Crippen LogP contribution in [0.5, 0.6) is 0 Å². The van der Waals surface area contributed by atoms with Gasteiger partial charge < -0.3 is 20.1 Å². The molecule has 0 aromatic carbocycles. The topological polar surface area (TPSA) is 78.9 Å². The number of aliphatic carboxylic acids is 1. The van der Waals surface area contributed by atoms with Crippen LogP contribution in [-0.2, 0) is 14.3 Å². The maximum Gasteiger partial charge on any atom is 0.329 e. The second-order valence-electron chi connectivity index (χ2n) is 4.16. The molecule has 0 saturated heterocycles. The number of hydrogen-bond acceptors (Lipinski definition) is 4. The van der Waals surface area contributed by atoms with E-state index in [9.17, 15) is 9.59 Å². The summed E-state index contributed by atoms with van der Waals surface area (Å²) in [5.74, 6) is -1.35. The first kappa shape index (κ1) is 15.9. The van der Waals surface area contributed by atoms with Crippen LogP contribution in [-0.4, -0.2) is 61.3 Å². The highest BCUT2D eigenvalue weighted by Crippen LogP contribution is 1.94. The van der Waals surface area contributed by atoms with Gasteiger partial charge >= 0.3 is 5.97 Å². The van der Waals surface area contributed by atoms with Crippen LogP contribution in [0.2, 0.25) is 0 Å². The molecule has 0 bridgehead atoms. The number of ether oxygens (including phenoxy) is 1. The van der Waals surface area contributed by atoms with Crippen molar-refractivity contribution in [1.29, 1.82) is 0 Å². The molecule has 100 valence electrons. The number of rotatable bonds is 9. The van der Waals surface area contributed by atoms with Crippen molar-refractivity contribution < 1.29 is 19.4 Å². The molecular formula is C11H22N2O4. The number of amides is 1. The Bertz CT molecular complexity index is 244. The predicted molar refractivity (Wildman–Crippen MR) is 63.8 cm³/mol. The number of carboxylic acid groups (broad SMARTS) is 1. The molecule has 0 aromatic heterocycles. The molecule has 0 saturated carbocycles.